The number of halogens is 1. The van der Waals surface area contributed by atoms with Crippen molar-refractivity contribution < 1.29 is 9.53 Å². The fraction of sp³-hybridized carbons (Fsp3) is 0.231. The van der Waals surface area contributed by atoms with Crippen LogP contribution in [0.4, 0.5) is 11.4 Å². The highest BCUT2D eigenvalue weighted by molar-refractivity contribution is 7.15. The molecule has 0 aliphatic heterocycles. The molecule has 0 spiro atoms. The van der Waals surface area contributed by atoms with E-state index in [0.717, 1.165) is 16.3 Å². The molecule has 1 aromatic carbocycles. The number of carbonyl (C=O) groups excluding carboxylic acids is 1. The summed E-state index contributed by atoms with van der Waals surface area (Å²) in [6.45, 7) is 0.714. The van der Waals surface area contributed by atoms with Crippen molar-refractivity contribution in [3.63, 3.8) is 0 Å². The number of methoxy groups -OCH3 is 1. The van der Waals surface area contributed by atoms with E-state index in [9.17, 15) is 4.79 Å². The van der Waals surface area contributed by atoms with E-state index in [1.54, 1.807) is 6.20 Å². The number of amides is 1. The second kappa shape index (κ2) is 7.23. The van der Waals surface area contributed by atoms with Gasteiger partial charge in [-0.05, 0) is 24.3 Å². The van der Waals surface area contributed by atoms with Crippen molar-refractivity contribution in [3.05, 3.63) is 39.8 Å². The smallest absolute Gasteiger partial charge is 0.250 e. The van der Waals surface area contributed by atoms with Gasteiger partial charge in [-0.2, -0.15) is 0 Å². The van der Waals surface area contributed by atoms with E-state index >= 15 is 0 Å². The summed E-state index contributed by atoms with van der Waals surface area (Å²) in [5, 5.41) is 5.98. The number of benzene rings is 1. The quantitative estimate of drug-likeness (QED) is 0.861. The normalized spacial score (nSPS) is 10.3. The Balaban J connectivity index is 1.86. The zero-order valence-electron chi connectivity index (χ0n) is 10.9. The molecule has 5 nitrogen and oxygen atoms in total. The minimum atomic E-state index is -0.174. The number of anilines is 2. The minimum Gasteiger partial charge on any atom is -0.380 e. The van der Waals surface area contributed by atoms with Crippen LogP contribution in [0.3, 0.4) is 0 Å². The second-order valence-corrected chi connectivity index (χ2v) is 5.69. The fourth-order valence-electron chi connectivity index (χ4n) is 1.55. The lowest BCUT2D eigenvalue weighted by molar-refractivity contribution is -0.119. The van der Waals surface area contributed by atoms with Crippen molar-refractivity contribution >= 4 is 40.2 Å². The first-order valence-corrected chi connectivity index (χ1v) is 7.10. The summed E-state index contributed by atoms with van der Waals surface area (Å²) in [7, 11) is 1.48. The van der Waals surface area contributed by atoms with Crippen molar-refractivity contribution in [2.75, 3.05) is 24.4 Å². The number of carbonyl (C=O) groups is 1. The Hall–Kier alpha value is -1.63. The Morgan fingerprint density at radius 1 is 1.35 bits per heavy atom. The maximum absolute atomic E-state index is 11.3. The summed E-state index contributed by atoms with van der Waals surface area (Å²) in [4.78, 5) is 16.4. The lowest BCUT2D eigenvalue weighted by atomic mass is 10.2. The molecule has 0 radical (unpaired) electrons. The Kier molecular flexibility index (Phi) is 5.34. The van der Waals surface area contributed by atoms with Gasteiger partial charge in [-0.3, -0.25) is 4.79 Å². The lowest BCUT2D eigenvalue weighted by Crippen LogP contribution is -2.16. The van der Waals surface area contributed by atoms with E-state index in [1.807, 2.05) is 24.3 Å². The highest BCUT2D eigenvalue weighted by atomic mass is 35.5. The van der Waals surface area contributed by atoms with Gasteiger partial charge in [-0.25, -0.2) is 4.98 Å². The Bertz CT molecular complexity index is 571. The van der Waals surface area contributed by atoms with Crippen LogP contribution in [0.15, 0.2) is 30.5 Å². The number of aromatic nitrogens is 1. The molecule has 1 amide bonds. The van der Waals surface area contributed by atoms with Crippen molar-refractivity contribution in [2.24, 2.45) is 0 Å². The molecule has 1 aromatic heterocycles. The molecule has 0 unspecified atom stereocenters. The predicted octanol–water partition coefficient (Wildman–Crippen LogP) is 2.99. The van der Waals surface area contributed by atoms with Gasteiger partial charge in [0, 0.05) is 29.6 Å². The molecule has 0 atom stereocenters. The van der Waals surface area contributed by atoms with Crippen LogP contribution in [0, 0.1) is 0 Å². The standard InChI is InChI=1S/C13H14ClN3O2S/c1-19-8-12(18)17-10-4-2-9(3-5-10)15-6-11-7-16-13(14)20-11/h2-5,7,15H,6,8H2,1H3,(H,17,18). The maximum atomic E-state index is 11.3. The molecule has 20 heavy (non-hydrogen) atoms. The third-order valence-electron chi connectivity index (χ3n) is 2.44. The largest absolute Gasteiger partial charge is 0.380 e. The molecular formula is C13H14ClN3O2S. The number of thiazole rings is 1. The number of nitrogens with one attached hydrogen (secondary N) is 2. The van der Waals surface area contributed by atoms with E-state index in [2.05, 4.69) is 15.6 Å². The van der Waals surface area contributed by atoms with Crippen molar-refractivity contribution in [1.29, 1.82) is 0 Å². The summed E-state index contributed by atoms with van der Waals surface area (Å²) in [5.74, 6) is -0.174. The fourth-order valence-corrected chi connectivity index (χ4v) is 2.47. The molecule has 0 saturated heterocycles. The van der Waals surface area contributed by atoms with Gasteiger partial charge in [0.15, 0.2) is 4.47 Å². The predicted molar refractivity (Wildman–Crippen MR) is 81.4 cm³/mol. The first kappa shape index (κ1) is 14.8. The maximum Gasteiger partial charge on any atom is 0.250 e. The highest BCUT2D eigenvalue weighted by Crippen LogP contribution is 2.20. The summed E-state index contributed by atoms with van der Waals surface area (Å²) in [6.07, 6.45) is 1.75. The first-order valence-electron chi connectivity index (χ1n) is 5.90. The molecule has 2 aromatic rings. The molecular weight excluding hydrogens is 298 g/mol. The van der Waals surface area contributed by atoms with Gasteiger partial charge in [0.2, 0.25) is 5.91 Å². The molecule has 0 saturated carbocycles. The van der Waals surface area contributed by atoms with E-state index in [4.69, 9.17) is 16.3 Å². The summed E-state index contributed by atoms with van der Waals surface area (Å²) in [5.41, 5.74) is 1.69. The van der Waals surface area contributed by atoms with Crippen LogP contribution in [-0.4, -0.2) is 24.6 Å². The third-order valence-corrected chi connectivity index (χ3v) is 3.55. The first-order chi connectivity index (χ1) is 9.67. The van der Waals surface area contributed by atoms with Crippen molar-refractivity contribution in [2.45, 2.75) is 6.54 Å². The summed E-state index contributed by atoms with van der Waals surface area (Å²) < 4.78 is 5.29. The van der Waals surface area contributed by atoms with Crippen LogP contribution in [0.25, 0.3) is 0 Å². The molecule has 0 aliphatic rings. The average molecular weight is 312 g/mol. The summed E-state index contributed by atoms with van der Waals surface area (Å²) in [6, 6.07) is 7.45. The second-order valence-electron chi connectivity index (χ2n) is 3.99. The van der Waals surface area contributed by atoms with Gasteiger partial charge in [0.05, 0.1) is 6.54 Å². The van der Waals surface area contributed by atoms with Gasteiger partial charge in [-0.15, -0.1) is 11.3 Å². The van der Waals surface area contributed by atoms with Gasteiger partial charge < -0.3 is 15.4 Å². The van der Waals surface area contributed by atoms with Crippen LogP contribution in [-0.2, 0) is 16.1 Å². The van der Waals surface area contributed by atoms with Gasteiger partial charge in [-0.1, -0.05) is 11.6 Å². The number of ether oxygens (including phenoxy) is 1. The minimum absolute atomic E-state index is 0.0478. The summed E-state index contributed by atoms with van der Waals surface area (Å²) >= 11 is 7.21. The van der Waals surface area contributed by atoms with Crippen LogP contribution < -0.4 is 10.6 Å². The van der Waals surface area contributed by atoms with E-state index in [1.165, 1.54) is 18.4 Å². The van der Waals surface area contributed by atoms with Gasteiger partial charge in [0.1, 0.15) is 6.61 Å². The Labute approximate surface area is 125 Å². The van der Waals surface area contributed by atoms with Gasteiger partial charge in [0.25, 0.3) is 0 Å². The third kappa shape index (κ3) is 4.48. The SMILES string of the molecule is COCC(=O)Nc1ccc(NCc2cnc(Cl)s2)cc1. The molecule has 0 bridgehead atoms. The molecule has 1 heterocycles. The zero-order chi connectivity index (χ0) is 14.4. The molecule has 106 valence electrons. The van der Waals surface area contributed by atoms with Crippen LogP contribution >= 0.6 is 22.9 Å². The number of nitrogens with zero attached hydrogens (tertiary/aromatic N) is 1. The molecule has 0 aliphatic carbocycles. The monoisotopic (exact) mass is 311 g/mol. The van der Waals surface area contributed by atoms with Crippen LogP contribution in [0.5, 0.6) is 0 Å². The molecule has 2 rings (SSSR count). The van der Waals surface area contributed by atoms with E-state index < -0.39 is 0 Å². The molecule has 7 heteroatoms. The number of rotatable bonds is 6. The highest BCUT2D eigenvalue weighted by Gasteiger charge is 2.02. The zero-order valence-corrected chi connectivity index (χ0v) is 12.4. The van der Waals surface area contributed by atoms with Crippen molar-refractivity contribution in [3.8, 4) is 0 Å². The van der Waals surface area contributed by atoms with Crippen molar-refractivity contribution in [1.82, 2.24) is 4.98 Å². The number of hydrogen-bond donors (Lipinski definition) is 2. The molecule has 0 fully saturated rings. The Morgan fingerprint density at radius 3 is 2.65 bits per heavy atom. The van der Waals surface area contributed by atoms with Crippen LogP contribution in [0.2, 0.25) is 4.47 Å². The van der Waals surface area contributed by atoms with Crippen LogP contribution in [0.1, 0.15) is 4.88 Å². The number of hydrogen-bond acceptors (Lipinski definition) is 5. The van der Waals surface area contributed by atoms with E-state index in [0.29, 0.717) is 11.0 Å². The topological polar surface area (TPSA) is 63.2 Å². The molecule has 2 N–H and O–H groups in total. The van der Waals surface area contributed by atoms with Gasteiger partial charge >= 0.3 is 0 Å². The van der Waals surface area contributed by atoms with E-state index in [-0.39, 0.29) is 12.5 Å². The lowest BCUT2D eigenvalue weighted by Gasteiger charge is -2.07. The average Bonchev–Trinajstić information content (AvgIpc) is 2.84. The Morgan fingerprint density at radius 2 is 2.05 bits per heavy atom.